The topological polar surface area (TPSA) is 58.2 Å². The Balaban J connectivity index is 1.59. The molecule has 0 atom stereocenters. The van der Waals surface area contributed by atoms with E-state index >= 15 is 0 Å². The molecule has 0 unspecified atom stereocenters. The van der Waals surface area contributed by atoms with Crippen molar-refractivity contribution in [1.29, 1.82) is 0 Å². The summed E-state index contributed by atoms with van der Waals surface area (Å²) in [5.41, 5.74) is 2.90. The van der Waals surface area contributed by atoms with Gasteiger partial charge in [-0.2, -0.15) is 0 Å². The summed E-state index contributed by atoms with van der Waals surface area (Å²) in [5, 5.41) is 5.97. The van der Waals surface area contributed by atoms with Crippen LogP contribution >= 0.6 is 11.6 Å². The van der Waals surface area contributed by atoms with Crippen LogP contribution in [0.1, 0.15) is 21.5 Å². The molecule has 29 heavy (non-hydrogen) atoms. The van der Waals surface area contributed by atoms with Crippen molar-refractivity contribution in [2.75, 3.05) is 11.9 Å². The number of nitrogens with one attached hydrogen (secondary N) is 2. The third-order valence-corrected chi connectivity index (χ3v) is 4.58. The first kappa shape index (κ1) is 20.4. The standard InChI is InChI=1S/C24H21ClN2O2/c25-21-13-12-20(24(29)26-16-15-19-9-5-2-6-10-19)17-22(21)27-23(28)14-11-18-7-3-1-4-8-18/h1-14,17H,15-16H2,(H,26,29)(H,27,28). The van der Waals surface area contributed by atoms with E-state index in [0.717, 1.165) is 17.5 Å². The number of rotatable bonds is 7. The van der Waals surface area contributed by atoms with Gasteiger partial charge in [0.1, 0.15) is 0 Å². The van der Waals surface area contributed by atoms with Crippen molar-refractivity contribution in [1.82, 2.24) is 5.32 Å². The lowest BCUT2D eigenvalue weighted by Gasteiger charge is -2.09. The molecule has 0 heterocycles. The van der Waals surface area contributed by atoms with Gasteiger partial charge < -0.3 is 10.6 Å². The van der Waals surface area contributed by atoms with Crippen LogP contribution in [0.3, 0.4) is 0 Å². The summed E-state index contributed by atoms with van der Waals surface area (Å²) in [4.78, 5) is 24.6. The van der Waals surface area contributed by atoms with Crippen LogP contribution in [0.5, 0.6) is 0 Å². The largest absolute Gasteiger partial charge is 0.352 e. The lowest BCUT2D eigenvalue weighted by atomic mass is 10.1. The number of carbonyl (C=O) groups is 2. The highest BCUT2D eigenvalue weighted by molar-refractivity contribution is 6.34. The first-order chi connectivity index (χ1) is 14.1. The van der Waals surface area contributed by atoms with Gasteiger partial charge in [-0.15, -0.1) is 0 Å². The Morgan fingerprint density at radius 1 is 0.897 bits per heavy atom. The Hall–Kier alpha value is -3.37. The molecule has 2 N–H and O–H groups in total. The minimum Gasteiger partial charge on any atom is -0.352 e. The highest BCUT2D eigenvalue weighted by atomic mass is 35.5. The van der Waals surface area contributed by atoms with Crippen molar-refractivity contribution in [2.45, 2.75) is 6.42 Å². The van der Waals surface area contributed by atoms with Crippen LogP contribution in [0.25, 0.3) is 6.08 Å². The fourth-order valence-electron chi connectivity index (χ4n) is 2.74. The lowest BCUT2D eigenvalue weighted by molar-refractivity contribution is -0.111. The van der Waals surface area contributed by atoms with E-state index in [4.69, 9.17) is 11.6 Å². The molecule has 0 fully saturated rings. The van der Waals surface area contributed by atoms with Gasteiger partial charge in [0.15, 0.2) is 0 Å². The van der Waals surface area contributed by atoms with E-state index in [-0.39, 0.29) is 11.8 Å². The monoisotopic (exact) mass is 404 g/mol. The van der Waals surface area contributed by atoms with Crippen molar-refractivity contribution in [3.05, 3.63) is 107 Å². The van der Waals surface area contributed by atoms with Crippen molar-refractivity contribution >= 4 is 35.2 Å². The van der Waals surface area contributed by atoms with Gasteiger partial charge in [-0.1, -0.05) is 72.3 Å². The second-order valence-electron chi connectivity index (χ2n) is 6.42. The second kappa shape index (κ2) is 10.2. The van der Waals surface area contributed by atoms with Crippen LogP contribution in [0.2, 0.25) is 5.02 Å². The van der Waals surface area contributed by atoms with Crippen molar-refractivity contribution in [3.8, 4) is 0 Å². The molecular weight excluding hydrogens is 384 g/mol. The predicted octanol–water partition coefficient (Wildman–Crippen LogP) is 4.96. The average molecular weight is 405 g/mol. The van der Waals surface area contributed by atoms with E-state index in [1.54, 1.807) is 24.3 Å². The third kappa shape index (κ3) is 6.33. The first-order valence-electron chi connectivity index (χ1n) is 9.27. The molecule has 0 aromatic heterocycles. The van der Waals surface area contributed by atoms with Crippen LogP contribution in [0.4, 0.5) is 5.69 Å². The number of hydrogen-bond acceptors (Lipinski definition) is 2. The number of hydrogen-bond donors (Lipinski definition) is 2. The number of benzene rings is 3. The van der Waals surface area contributed by atoms with Crippen molar-refractivity contribution in [2.24, 2.45) is 0 Å². The van der Waals surface area contributed by atoms with E-state index in [9.17, 15) is 9.59 Å². The molecule has 3 aromatic rings. The van der Waals surface area contributed by atoms with Gasteiger partial charge in [0, 0.05) is 18.2 Å². The molecule has 0 radical (unpaired) electrons. The van der Waals surface area contributed by atoms with Crippen LogP contribution in [-0.2, 0) is 11.2 Å². The van der Waals surface area contributed by atoms with E-state index in [2.05, 4.69) is 10.6 Å². The summed E-state index contributed by atoms with van der Waals surface area (Å²) in [6.45, 7) is 0.521. The highest BCUT2D eigenvalue weighted by Gasteiger charge is 2.10. The quantitative estimate of drug-likeness (QED) is 0.546. The van der Waals surface area contributed by atoms with Crippen LogP contribution in [0.15, 0.2) is 84.9 Å². The zero-order valence-electron chi connectivity index (χ0n) is 15.8. The fraction of sp³-hybridized carbons (Fsp3) is 0.0833. The van der Waals surface area contributed by atoms with Gasteiger partial charge in [0.25, 0.3) is 5.91 Å². The number of anilines is 1. The molecule has 3 aromatic carbocycles. The van der Waals surface area contributed by atoms with E-state index in [1.807, 2.05) is 60.7 Å². The van der Waals surface area contributed by atoms with Gasteiger partial charge >= 0.3 is 0 Å². The van der Waals surface area contributed by atoms with Gasteiger partial charge in [-0.05, 0) is 41.8 Å². The van der Waals surface area contributed by atoms with Gasteiger partial charge in [-0.3, -0.25) is 9.59 Å². The maximum Gasteiger partial charge on any atom is 0.251 e. The molecular formula is C24H21ClN2O2. The molecule has 0 aliphatic carbocycles. The Kier molecular flexibility index (Phi) is 7.20. The second-order valence-corrected chi connectivity index (χ2v) is 6.83. The van der Waals surface area contributed by atoms with Crippen molar-refractivity contribution < 1.29 is 9.59 Å². The Morgan fingerprint density at radius 3 is 2.31 bits per heavy atom. The molecule has 2 amide bonds. The molecule has 0 saturated heterocycles. The summed E-state index contributed by atoms with van der Waals surface area (Å²) < 4.78 is 0. The molecule has 0 aliphatic heterocycles. The van der Waals surface area contributed by atoms with Crippen LogP contribution in [0, 0.1) is 0 Å². The lowest BCUT2D eigenvalue weighted by Crippen LogP contribution is -2.25. The summed E-state index contributed by atoms with van der Waals surface area (Å²) in [6.07, 6.45) is 3.88. The fourth-order valence-corrected chi connectivity index (χ4v) is 2.90. The molecule has 0 spiro atoms. The Labute approximate surface area is 175 Å². The van der Waals surface area contributed by atoms with E-state index in [0.29, 0.717) is 22.8 Å². The summed E-state index contributed by atoms with van der Waals surface area (Å²) >= 11 is 6.18. The van der Waals surface area contributed by atoms with Crippen molar-refractivity contribution in [3.63, 3.8) is 0 Å². The number of carbonyl (C=O) groups excluding carboxylic acids is 2. The third-order valence-electron chi connectivity index (χ3n) is 4.26. The minimum atomic E-state index is -0.322. The molecule has 0 saturated carbocycles. The Morgan fingerprint density at radius 2 is 1.59 bits per heavy atom. The number of halogens is 1. The SMILES string of the molecule is O=C(C=Cc1ccccc1)Nc1cc(C(=O)NCCc2ccccc2)ccc1Cl. The van der Waals surface area contributed by atoms with Gasteiger partial charge in [0.2, 0.25) is 5.91 Å². The molecule has 0 aliphatic rings. The van der Waals surface area contributed by atoms with Gasteiger partial charge in [-0.25, -0.2) is 0 Å². The van der Waals surface area contributed by atoms with Crippen LogP contribution < -0.4 is 10.6 Å². The Bertz CT molecular complexity index is 1000. The number of amides is 2. The van der Waals surface area contributed by atoms with Gasteiger partial charge in [0.05, 0.1) is 10.7 Å². The molecule has 0 bridgehead atoms. The first-order valence-corrected chi connectivity index (χ1v) is 9.65. The van der Waals surface area contributed by atoms with E-state index < -0.39 is 0 Å². The molecule has 3 rings (SSSR count). The van der Waals surface area contributed by atoms with E-state index in [1.165, 1.54) is 6.08 Å². The maximum absolute atomic E-state index is 12.4. The summed E-state index contributed by atoms with van der Waals surface area (Å²) in [7, 11) is 0. The molecule has 5 heteroatoms. The highest BCUT2D eigenvalue weighted by Crippen LogP contribution is 2.23. The maximum atomic E-state index is 12.4. The smallest absolute Gasteiger partial charge is 0.251 e. The predicted molar refractivity (Wildman–Crippen MR) is 118 cm³/mol. The molecule has 4 nitrogen and oxygen atoms in total. The minimum absolute atomic E-state index is 0.215. The zero-order valence-corrected chi connectivity index (χ0v) is 16.5. The summed E-state index contributed by atoms with van der Waals surface area (Å²) in [6, 6.07) is 24.3. The normalized spacial score (nSPS) is 10.7. The van der Waals surface area contributed by atoms with Crippen LogP contribution in [-0.4, -0.2) is 18.4 Å². The molecule has 146 valence electrons. The summed E-state index contributed by atoms with van der Waals surface area (Å²) in [5.74, 6) is -0.537. The zero-order chi connectivity index (χ0) is 20.5. The average Bonchev–Trinajstić information content (AvgIpc) is 2.75.